The van der Waals surface area contributed by atoms with Gasteiger partial charge in [-0.3, -0.25) is 0 Å². The molecule has 66 valence electrons. The molecule has 0 amide bonds. The standard InChI is InChI=1S/C9H19NO/c1-2-9(10)7-5-3-4-6-8-11/h8-9H,2-7,10H2,1H3. The monoisotopic (exact) mass is 157 g/mol. The van der Waals surface area contributed by atoms with Gasteiger partial charge in [0.05, 0.1) is 0 Å². The van der Waals surface area contributed by atoms with E-state index in [1.165, 1.54) is 6.42 Å². The van der Waals surface area contributed by atoms with Crippen molar-refractivity contribution in [3.63, 3.8) is 0 Å². The van der Waals surface area contributed by atoms with Crippen molar-refractivity contribution in [3.05, 3.63) is 0 Å². The number of unbranched alkanes of at least 4 members (excludes halogenated alkanes) is 3. The summed E-state index contributed by atoms with van der Waals surface area (Å²) in [4.78, 5) is 9.93. The van der Waals surface area contributed by atoms with Crippen molar-refractivity contribution in [2.24, 2.45) is 5.73 Å². The quantitative estimate of drug-likeness (QED) is 0.453. The van der Waals surface area contributed by atoms with Crippen LogP contribution in [-0.4, -0.2) is 12.3 Å². The molecule has 0 aliphatic heterocycles. The first-order chi connectivity index (χ1) is 5.31. The average Bonchev–Trinajstić information content (AvgIpc) is 2.04. The normalized spacial score (nSPS) is 12.9. The molecule has 1 unspecified atom stereocenters. The topological polar surface area (TPSA) is 43.1 Å². The fraction of sp³-hybridized carbons (Fsp3) is 0.889. The highest BCUT2D eigenvalue weighted by atomic mass is 16.1. The van der Waals surface area contributed by atoms with Crippen LogP contribution < -0.4 is 5.73 Å². The van der Waals surface area contributed by atoms with Crippen LogP contribution in [0.3, 0.4) is 0 Å². The van der Waals surface area contributed by atoms with Crippen LogP contribution in [0.2, 0.25) is 0 Å². The van der Waals surface area contributed by atoms with Crippen molar-refractivity contribution in [3.8, 4) is 0 Å². The zero-order valence-corrected chi connectivity index (χ0v) is 7.38. The highest BCUT2D eigenvalue weighted by Crippen LogP contribution is 2.05. The fourth-order valence-electron chi connectivity index (χ4n) is 1.02. The molecule has 0 rings (SSSR count). The van der Waals surface area contributed by atoms with Crippen LogP contribution in [0.4, 0.5) is 0 Å². The van der Waals surface area contributed by atoms with Gasteiger partial charge in [0, 0.05) is 12.5 Å². The summed E-state index contributed by atoms with van der Waals surface area (Å²) in [5.41, 5.74) is 5.72. The molecule has 0 bridgehead atoms. The van der Waals surface area contributed by atoms with Gasteiger partial charge in [0.15, 0.2) is 0 Å². The van der Waals surface area contributed by atoms with E-state index in [2.05, 4.69) is 6.92 Å². The second-order valence-corrected chi connectivity index (χ2v) is 2.97. The number of hydrogen-bond donors (Lipinski definition) is 1. The van der Waals surface area contributed by atoms with Crippen molar-refractivity contribution in [1.29, 1.82) is 0 Å². The first kappa shape index (κ1) is 10.6. The molecule has 2 heteroatoms. The molecule has 0 aliphatic rings. The van der Waals surface area contributed by atoms with E-state index in [-0.39, 0.29) is 0 Å². The summed E-state index contributed by atoms with van der Waals surface area (Å²) < 4.78 is 0. The van der Waals surface area contributed by atoms with Crippen molar-refractivity contribution >= 4 is 6.29 Å². The highest BCUT2D eigenvalue weighted by molar-refractivity contribution is 5.48. The Morgan fingerprint density at radius 1 is 1.36 bits per heavy atom. The van der Waals surface area contributed by atoms with Crippen molar-refractivity contribution in [2.75, 3.05) is 0 Å². The number of rotatable bonds is 7. The molecule has 1 atom stereocenters. The van der Waals surface area contributed by atoms with Gasteiger partial charge < -0.3 is 10.5 Å². The zero-order chi connectivity index (χ0) is 8.53. The molecule has 0 radical (unpaired) electrons. The van der Waals surface area contributed by atoms with E-state index >= 15 is 0 Å². The molecule has 2 N–H and O–H groups in total. The van der Waals surface area contributed by atoms with Crippen LogP contribution in [-0.2, 0) is 4.79 Å². The van der Waals surface area contributed by atoms with E-state index < -0.39 is 0 Å². The van der Waals surface area contributed by atoms with Gasteiger partial charge in [-0.2, -0.15) is 0 Å². The summed E-state index contributed by atoms with van der Waals surface area (Å²) in [6, 6.07) is 0.367. The lowest BCUT2D eigenvalue weighted by Crippen LogP contribution is -2.17. The second kappa shape index (κ2) is 7.73. The third-order valence-corrected chi connectivity index (χ3v) is 1.92. The van der Waals surface area contributed by atoms with Crippen LogP contribution in [0, 0.1) is 0 Å². The number of carbonyl (C=O) groups excluding carboxylic acids is 1. The number of aldehydes is 1. The van der Waals surface area contributed by atoms with E-state index in [1.807, 2.05) is 0 Å². The van der Waals surface area contributed by atoms with Crippen LogP contribution in [0.15, 0.2) is 0 Å². The summed E-state index contributed by atoms with van der Waals surface area (Å²) >= 11 is 0. The molecule has 0 aromatic heterocycles. The van der Waals surface area contributed by atoms with E-state index in [0.717, 1.165) is 32.0 Å². The molecule has 2 nitrogen and oxygen atoms in total. The lowest BCUT2D eigenvalue weighted by atomic mass is 10.1. The predicted octanol–water partition coefficient (Wildman–Crippen LogP) is 1.87. The molecule has 0 heterocycles. The second-order valence-electron chi connectivity index (χ2n) is 2.97. The Hall–Kier alpha value is -0.370. The van der Waals surface area contributed by atoms with Crippen LogP contribution in [0.25, 0.3) is 0 Å². The van der Waals surface area contributed by atoms with Crippen molar-refractivity contribution in [2.45, 2.75) is 51.5 Å². The largest absolute Gasteiger partial charge is 0.328 e. The van der Waals surface area contributed by atoms with Gasteiger partial charge in [-0.15, -0.1) is 0 Å². The third-order valence-electron chi connectivity index (χ3n) is 1.92. The Morgan fingerprint density at radius 2 is 2.09 bits per heavy atom. The zero-order valence-electron chi connectivity index (χ0n) is 7.38. The van der Waals surface area contributed by atoms with E-state index in [4.69, 9.17) is 5.73 Å². The van der Waals surface area contributed by atoms with Gasteiger partial charge in [-0.25, -0.2) is 0 Å². The third kappa shape index (κ3) is 7.53. The molecule has 0 saturated heterocycles. The van der Waals surface area contributed by atoms with Gasteiger partial charge in [0.1, 0.15) is 6.29 Å². The Labute approximate surface area is 69.2 Å². The van der Waals surface area contributed by atoms with Gasteiger partial charge in [-0.05, 0) is 19.3 Å². The summed E-state index contributed by atoms with van der Waals surface area (Å²) in [5.74, 6) is 0. The van der Waals surface area contributed by atoms with Gasteiger partial charge in [0.25, 0.3) is 0 Å². The Bertz CT molecular complexity index is 93.6. The Balaban J connectivity index is 2.95. The molecular weight excluding hydrogens is 138 g/mol. The summed E-state index contributed by atoms with van der Waals surface area (Å²) in [5, 5.41) is 0. The minimum Gasteiger partial charge on any atom is -0.328 e. The SMILES string of the molecule is CCC(N)CCCCCC=O. The van der Waals surface area contributed by atoms with Crippen molar-refractivity contribution < 1.29 is 4.79 Å². The minimum absolute atomic E-state index is 0.367. The van der Waals surface area contributed by atoms with Gasteiger partial charge in [-0.1, -0.05) is 19.8 Å². The molecule has 0 spiro atoms. The van der Waals surface area contributed by atoms with Gasteiger partial charge in [0.2, 0.25) is 0 Å². The average molecular weight is 157 g/mol. The maximum atomic E-state index is 9.93. The summed E-state index contributed by atoms with van der Waals surface area (Å²) in [6.07, 6.45) is 7.21. The van der Waals surface area contributed by atoms with E-state index in [1.54, 1.807) is 0 Å². The predicted molar refractivity (Wildman–Crippen MR) is 47.4 cm³/mol. The first-order valence-corrected chi connectivity index (χ1v) is 4.50. The lowest BCUT2D eigenvalue weighted by molar-refractivity contribution is -0.107. The van der Waals surface area contributed by atoms with Crippen LogP contribution in [0.1, 0.15) is 45.4 Å². The lowest BCUT2D eigenvalue weighted by Gasteiger charge is -2.06. The Kier molecular flexibility index (Phi) is 7.47. The van der Waals surface area contributed by atoms with E-state index in [9.17, 15) is 4.79 Å². The van der Waals surface area contributed by atoms with Crippen LogP contribution >= 0.6 is 0 Å². The molecular formula is C9H19NO. The minimum atomic E-state index is 0.367. The smallest absolute Gasteiger partial charge is 0.119 e. The highest BCUT2D eigenvalue weighted by Gasteiger charge is 1.97. The van der Waals surface area contributed by atoms with E-state index in [0.29, 0.717) is 12.5 Å². The fourth-order valence-corrected chi connectivity index (χ4v) is 1.02. The van der Waals surface area contributed by atoms with Crippen molar-refractivity contribution in [1.82, 2.24) is 0 Å². The summed E-state index contributed by atoms with van der Waals surface area (Å²) in [7, 11) is 0. The number of carbonyl (C=O) groups is 1. The number of nitrogens with two attached hydrogens (primary N) is 1. The Morgan fingerprint density at radius 3 is 2.64 bits per heavy atom. The molecule has 0 aromatic carbocycles. The first-order valence-electron chi connectivity index (χ1n) is 4.50. The molecule has 0 fully saturated rings. The molecule has 0 saturated carbocycles. The molecule has 0 aromatic rings. The maximum absolute atomic E-state index is 9.93. The van der Waals surface area contributed by atoms with Crippen LogP contribution in [0.5, 0.6) is 0 Å². The maximum Gasteiger partial charge on any atom is 0.119 e. The molecule has 0 aliphatic carbocycles. The summed E-state index contributed by atoms with van der Waals surface area (Å²) in [6.45, 7) is 2.11. The molecule has 11 heavy (non-hydrogen) atoms. The van der Waals surface area contributed by atoms with Gasteiger partial charge >= 0.3 is 0 Å². The number of hydrogen-bond acceptors (Lipinski definition) is 2.